The van der Waals surface area contributed by atoms with Crippen molar-refractivity contribution >= 4 is 5.97 Å². The monoisotopic (exact) mass is 201 g/mol. The van der Waals surface area contributed by atoms with E-state index in [9.17, 15) is 4.79 Å². The van der Waals surface area contributed by atoms with Crippen molar-refractivity contribution in [2.24, 2.45) is 17.1 Å². The summed E-state index contributed by atoms with van der Waals surface area (Å²) in [6.45, 7) is 0.606. The predicted octanol–water partition coefficient (Wildman–Crippen LogP) is 0.589. The molecule has 0 bridgehead atoms. The smallest absolute Gasteiger partial charge is 0.309 e. The van der Waals surface area contributed by atoms with Crippen LogP contribution in [0.25, 0.3) is 0 Å². The van der Waals surface area contributed by atoms with E-state index in [0.717, 1.165) is 12.8 Å². The minimum atomic E-state index is -0.762. The Balaban J connectivity index is 2.59. The molecule has 4 nitrogen and oxygen atoms in total. The van der Waals surface area contributed by atoms with E-state index in [1.807, 2.05) is 0 Å². The topological polar surface area (TPSA) is 83.5 Å². The van der Waals surface area contributed by atoms with Crippen LogP contribution in [0, 0.1) is 11.3 Å². The standard InChI is InChI=1S/C10H19NO3/c11-7-8-1-3-10(4-2-8,5-6-12)9(13)14/h8,12H,1-7,11H2,(H,13,14). The third kappa shape index (κ3) is 2.25. The summed E-state index contributed by atoms with van der Waals surface area (Å²) in [5.74, 6) is -0.289. The van der Waals surface area contributed by atoms with Gasteiger partial charge in [0.05, 0.1) is 5.41 Å². The molecule has 1 aliphatic rings. The maximum atomic E-state index is 11.1. The molecule has 0 spiro atoms. The molecule has 0 aliphatic heterocycles. The number of carboxylic acid groups (broad SMARTS) is 1. The first kappa shape index (κ1) is 11.5. The summed E-state index contributed by atoms with van der Waals surface area (Å²) in [5, 5.41) is 18.0. The lowest BCUT2D eigenvalue weighted by atomic mass is 9.69. The Morgan fingerprint density at radius 3 is 2.36 bits per heavy atom. The van der Waals surface area contributed by atoms with E-state index in [1.165, 1.54) is 0 Å². The second kappa shape index (κ2) is 4.75. The molecule has 0 atom stereocenters. The second-order valence-electron chi connectivity index (χ2n) is 4.24. The number of aliphatic hydroxyl groups is 1. The van der Waals surface area contributed by atoms with Gasteiger partial charge in [-0.15, -0.1) is 0 Å². The lowest BCUT2D eigenvalue weighted by Crippen LogP contribution is -2.37. The minimum absolute atomic E-state index is 0.0421. The van der Waals surface area contributed by atoms with E-state index < -0.39 is 11.4 Å². The van der Waals surface area contributed by atoms with Crippen LogP contribution in [0.5, 0.6) is 0 Å². The Bertz CT molecular complexity index is 198. The number of aliphatic carboxylic acids is 1. The number of hydrogen-bond acceptors (Lipinski definition) is 3. The molecular formula is C10H19NO3. The van der Waals surface area contributed by atoms with Crippen LogP contribution in [0.15, 0.2) is 0 Å². The van der Waals surface area contributed by atoms with Crippen LogP contribution >= 0.6 is 0 Å². The van der Waals surface area contributed by atoms with Crippen molar-refractivity contribution in [2.75, 3.05) is 13.2 Å². The van der Waals surface area contributed by atoms with Gasteiger partial charge in [0.1, 0.15) is 0 Å². The van der Waals surface area contributed by atoms with E-state index in [1.54, 1.807) is 0 Å². The number of rotatable bonds is 4. The highest BCUT2D eigenvalue weighted by Crippen LogP contribution is 2.41. The maximum absolute atomic E-state index is 11.1. The van der Waals surface area contributed by atoms with Gasteiger partial charge in [-0.1, -0.05) is 0 Å². The summed E-state index contributed by atoms with van der Waals surface area (Å²) in [5.41, 5.74) is 4.86. The lowest BCUT2D eigenvalue weighted by molar-refractivity contribution is -0.152. The molecular weight excluding hydrogens is 182 g/mol. The van der Waals surface area contributed by atoms with Crippen molar-refractivity contribution in [3.8, 4) is 0 Å². The van der Waals surface area contributed by atoms with E-state index in [4.69, 9.17) is 15.9 Å². The summed E-state index contributed by atoms with van der Waals surface area (Å²) in [6.07, 6.45) is 3.45. The zero-order chi connectivity index (χ0) is 10.6. The molecule has 0 heterocycles. The minimum Gasteiger partial charge on any atom is -0.481 e. The van der Waals surface area contributed by atoms with Gasteiger partial charge in [-0.3, -0.25) is 4.79 Å². The summed E-state index contributed by atoms with van der Waals surface area (Å²) >= 11 is 0. The Labute approximate surface area is 84.1 Å². The van der Waals surface area contributed by atoms with Crippen LogP contribution in [0.2, 0.25) is 0 Å². The lowest BCUT2D eigenvalue weighted by Gasteiger charge is -2.36. The number of carboxylic acids is 1. The third-order valence-corrected chi connectivity index (χ3v) is 3.44. The van der Waals surface area contributed by atoms with Gasteiger partial charge in [0.2, 0.25) is 0 Å². The molecule has 0 aromatic rings. The maximum Gasteiger partial charge on any atom is 0.309 e. The largest absolute Gasteiger partial charge is 0.481 e. The van der Waals surface area contributed by atoms with Gasteiger partial charge in [0.25, 0.3) is 0 Å². The van der Waals surface area contributed by atoms with Gasteiger partial charge in [0, 0.05) is 6.61 Å². The molecule has 4 heteroatoms. The molecule has 0 unspecified atom stereocenters. The molecule has 1 rings (SSSR count). The van der Waals surface area contributed by atoms with Crippen LogP contribution in [0.4, 0.5) is 0 Å². The predicted molar refractivity (Wildman–Crippen MR) is 52.8 cm³/mol. The molecule has 0 aromatic heterocycles. The molecule has 82 valence electrons. The van der Waals surface area contributed by atoms with Gasteiger partial charge >= 0.3 is 5.97 Å². The van der Waals surface area contributed by atoms with Crippen LogP contribution < -0.4 is 5.73 Å². The normalized spacial score (nSPS) is 32.9. The SMILES string of the molecule is NCC1CCC(CCO)(C(=O)O)CC1. The van der Waals surface area contributed by atoms with Gasteiger partial charge in [-0.05, 0) is 44.6 Å². The first-order chi connectivity index (χ1) is 6.64. The number of aliphatic hydroxyl groups excluding tert-OH is 1. The van der Waals surface area contributed by atoms with E-state index in [-0.39, 0.29) is 6.61 Å². The van der Waals surface area contributed by atoms with Crippen LogP contribution in [0.3, 0.4) is 0 Å². The molecule has 0 saturated heterocycles. The Morgan fingerprint density at radius 2 is 2.00 bits per heavy atom. The van der Waals surface area contributed by atoms with Crippen molar-refractivity contribution in [2.45, 2.75) is 32.1 Å². The van der Waals surface area contributed by atoms with Crippen LogP contribution in [0.1, 0.15) is 32.1 Å². The van der Waals surface area contributed by atoms with Crippen LogP contribution in [-0.4, -0.2) is 29.3 Å². The molecule has 0 aromatic carbocycles. The average molecular weight is 201 g/mol. The van der Waals surface area contributed by atoms with Crippen molar-refractivity contribution in [1.29, 1.82) is 0 Å². The quantitative estimate of drug-likeness (QED) is 0.621. The zero-order valence-corrected chi connectivity index (χ0v) is 8.41. The Morgan fingerprint density at radius 1 is 1.43 bits per heavy atom. The van der Waals surface area contributed by atoms with E-state index in [2.05, 4.69) is 0 Å². The third-order valence-electron chi connectivity index (χ3n) is 3.44. The van der Waals surface area contributed by atoms with Gasteiger partial charge in [-0.2, -0.15) is 0 Å². The molecule has 4 N–H and O–H groups in total. The Hall–Kier alpha value is -0.610. The summed E-state index contributed by atoms with van der Waals surface area (Å²) < 4.78 is 0. The van der Waals surface area contributed by atoms with E-state index in [0.29, 0.717) is 31.7 Å². The summed E-state index contributed by atoms with van der Waals surface area (Å²) in [4.78, 5) is 11.1. The number of carbonyl (C=O) groups is 1. The van der Waals surface area contributed by atoms with Gasteiger partial charge < -0.3 is 15.9 Å². The first-order valence-corrected chi connectivity index (χ1v) is 5.19. The fourth-order valence-corrected chi connectivity index (χ4v) is 2.25. The number of hydrogen-bond donors (Lipinski definition) is 3. The number of nitrogens with two attached hydrogens (primary N) is 1. The second-order valence-corrected chi connectivity index (χ2v) is 4.24. The van der Waals surface area contributed by atoms with Gasteiger partial charge in [0.15, 0.2) is 0 Å². The fourth-order valence-electron chi connectivity index (χ4n) is 2.25. The molecule has 0 radical (unpaired) electrons. The highest BCUT2D eigenvalue weighted by atomic mass is 16.4. The highest BCUT2D eigenvalue weighted by Gasteiger charge is 2.40. The molecule has 14 heavy (non-hydrogen) atoms. The Kier molecular flexibility index (Phi) is 3.89. The van der Waals surface area contributed by atoms with Crippen molar-refractivity contribution in [3.63, 3.8) is 0 Å². The fraction of sp³-hybridized carbons (Fsp3) is 0.900. The molecule has 1 fully saturated rings. The van der Waals surface area contributed by atoms with Crippen molar-refractivity contribution < 1.29 is 15.0 Å². The van der Waals surface area contributed by atoms with Crippen LogP contribution in [-0.2, 0) is 4.79 Å². The van der Waals surface area contributed by atoms with Gasteiger partial charge in [-0.25, -0.2) is 0 Å². The molecule has 1 aliphatic carbocycles. The van der Waals surface area contributed by atoms with E-state index >= 15 is 0 Å². The summed E-state index contributed by atoms with van der Waals surface area (Å²) in [7, 11) is 0. The van der Waals surface area contributed by atoms with Crippen molar-refractivity contribution in [1.82, 2.24) is 0 Å². The first-order valence-electron chi connectivity index (χ1n) is 5.19. The zero-order valence-electron chi connectivity index (χ0n) is 8.41. The average Bonchev–Trinajstić information content (AvgIpc) is 2.19. The molecule has 1 saturated carbocycles. The highest BCUT2D eigenvalue weighted by molar-refractivity contribution is 5.74. The van der Waals surface area contributed by atoms with Crippen molar-refractivity contribution in [3.05, 3.63) is 0 Å². The summed E-state index contributed by atoms with van der Waals surface area (Å²) in [6, 6.07) is 0. The molecule has 0 amide bonds.